The van der Waals surface area contributed by atoms with Crippen molar-refractivity contribution in [2.24, 2.45) is 0 Å². The maximum Gasteiger partial charge on any atom is 0.322 e. The average molecular weight is 356 g/mol. The maximum absolute atomic E-state index is 12.5. The summed E-state index contributed by atoms with van der Waals surface area (Å²) in [5.74, 6) is -0.380. The molecule has 0 saturated carbocycles. The minimum absolute atomic E-state index is 0.0897. The highest BCUT2D eigenvalue weighted by Crippen LogP contribution is 2.28. The molecule has 1 heterocycles. The van der Waals surface area contributed by atoms with Crippen LogP contribution in [-0.2, 0) is 14.8 Å². The van der Waals surface area contributed by atoms with E-state index in [1.165, 1.54) is 30.0 Å². The number of halogens is 2. The highest BCUT2D eigenvalue weighted by atomic mass is 35.5. The Morgan fingerprint density at radius 1 is 1.30 bits per heavy atom. The van der Waals surface area contributed by atoms with Crippen LogP contribution in [0.4, 0.5) is 0 Å². The number of nitrogens with zero attached hydrogens (tertiary/aromatic N) is 1. The molecule has 0 spiro atoms. The lowest BCUT2D eigenvalue weighted by molar-refractivity contribution is -0.140. The van der Waals surface area contributed by atoms with E-state index in [-0.39, 0.29) is 27.2 Å². The second-order valence-electron chi connectivity index (χ2n) is 4.15. The van der Waals surface area contributed by atoms with Gasteiger partial charge in [-0.2, -0.15) is 16.1 Å². The minimum atomic E-state index is -3.93. The second-order valence-corrected chi connectivity index (χ2v) is 8.06. The molecule has 1 unspecified atom stereocenters. The third-order valence-electron chi connectivity index (χ3n) is 2.81. The molecule has 1 aliphatic rings. The Hall–Kier alpha value is -0.470. The molecule has 0 radical (unpaired) electrons. The monoisotopic (exact) mass is 355 g/mol. The Bertz CT molecular complexity index is 615. The van der Waals surface area contributed by atoms with E-state index >= 15 is 0 Å². The summed E-state index contributed by atoms with van der Waals surface area (Å²) in [5, 5.41) is 9.53. The molecule has 1 N–H and O–H groups in total. The lowest BCUT2D eigenvalue weighted by atomic mass is 10.3. The fourth-order valence-electron chi connectivity index (χ4n) is 1.88. The Labute approximate surface area is 130 Å². The lowest BCUT2D eigenvalue weighted by Gasteiger charge is -2.31. The van der Waals surface area contributed by atoms with Gasteiger partial charge in [-0.25, -0.2) is 8.42 Å². The van der Waals surface area contributed by atoms with E-state index in [0.29, 0.717) is 5.75 Å². The van der Waals surface area contributed by atoms with E-state index in [2.05, 4.69) is 0 Å². The summed E-state index contributed by atoms with van der Waals surface area (Å²) < 4.78 is 26.1. The first kappa shape index (κ1) is 15.9. The van der Waals surface area contributed by atoms with E-state index in [4.69, 9.17) is 28.3 Å². The van der Waals surface area contributed by atoms with Gasteiger partial charge in [0.15, 0.2) is 0 Å². The van der Waals surface area contributed by atoms with Gasteiger partial charge in [0.2, 0.25) is 10.0 Å². The number of benzene rings is 1. The summed E-state index contributed by atoms with van der Waals surface area (Å²) in [6, 6.07) is 2.88. The number of hydrogen-bond donors (Lipinski definition) is 1. The number of hydrogen-bond acceptors (Lipinski definition) is 4. The number of sulfonamides is 1. The number of carbonyl (C=O) groups is 1. The summed E-state index contributed by atoms with van der Waals surface area (Å²) in [5.41, 5.74) is 0. The molecule has 1 aromatic rings. The zero-order valence-electron chi connectivity index (χ0n) is 10.1. The van der Waals surface area contributed by atoms with Gasteiger partial charge < -0.3 is 5.11 Å². The summed E-state index contributed by atoms with van der Waals surface area (Å²) in [7, 11) is -3.93. The molecule has 0 aliphatic carbocycles. The Balaban J connectivity index is 2.44. The van der Waals surface area contributed by atoms with Gasteiger partial charge in [0.05, 0.1) is 4.90 Å². The van der Waals surface area contributed by atoms with Gasteiger partial charge in [-0.05, 0) is 18.2 Å². The quantitative estimate of drug-likeness (QED) is 0.899. The average Bonchev–Trinajstić information content (AvgIpc) is 2.37. The molecule has 1 aromatic carbocycles. The van der Waals surface area contributed by atoms with Crippen LogP contribution in [0, 0.1) is 0 Å². The van der Waals surface area contributed by atoms with E-state index in [9.17, 15) is 13.2 Å². The van der Waals surface area contributed by atoms with Crippen molar-refractivity contribution < 1.29 is 18.3 Å². The van der Waals surface area contributed by atoms with Crippen LogP contribution in [0.5, 0.6) is 0 Å². The Morgan fingerprint density at radius 2 is 1.90 bits per heavy atom. The molecule has 9 heteroatoms. The van der Waals surface area contributed by atoms with Crippen molar-refractivity contribution in [1.82, 2.24) is 4.31 Å². The Kier molecular flexibility index (Phi) is 4.86. The van der Waals surface area contributed by atoms with Crippen LogP contribution < -0.4 is 0 Å². The molecule has 20 heavy (non-hydrogen) atoms. The van der Waals surface area contributed by atoms with Crippen molar-refractivity contribution in [3.8, 4) is 0 Å². The van der Waals surface area contributed by atoms with Crippen molar-refractivity contribution in [2.75, 3.05) is 18.1 Å². The number of aliphatic carboxylic acids is 1. The SMILES string of the molecule is O=C(O)C1CSCCN1S(=O)(=O)c1cc(Cl)cc(Cl)c1. The van der Waals surface area contributed by atoms with Crippen molar-refractivity contribution in [1.29, 1.82) is 0 Å². The van der Waals surface area contributed by atoms with Crippen molar-refractivity contribution in [3.63, 3.8) is 0 Å². The van der Waals surface area contributed by atoms with Crippen LogP contribution in [0.2, 0.25) is 10.0 Å². The first-order valence-corrected chi connectivity index (χ1v) is 8.96. The zero-order valence-corrected chi connectivity index (χ0v) is 13.3. The third kappa shape index (κ3) is 3.23. The predicted octanol–water partition coefficient (Wildman–Crippen LogP) is 2.18. The first-order chi connectivity index (χ1) is 9.32. The summed E-state index contributed by atoms with van der Waals surface area (Å²) in [4.78, 5) is 11.1. The van der Waals surface area contributed by atoms with E-state index < -0.39 is 22.0 Å². The molecule has 2 rings (SSSR count). The van der Waals surface area contributed by atoms with Crippen LogP contribution in [0.15, 0.2) is 23.1 Å². The molecule has 5 nitrogen and oxygen atoms in total. The largest absolute Gasteiger partial charge is 0.480 e. The van der Waals surface area contributed by atoms with Gasteiger partial charge in [-0.15, -0.1) is 0 Å². The third-order valence-corrected chi connectivity index (χ3v) is 6.15. The van der Waals surface area contributed by atoms with E-state index in [1.54, 1.807) is 0 Å². The van der Waals surface area contributed by atoms with Crippen LogP contribution in [0.1, 0.15) is 0 Å². The summed E-state index contributed by atoms with van der Waals surface area (Å²) in [6.45, 7) is 0.147. The van der Waals surface area contributed by atoms with Crippen LogP contribution in [0.25, 0.3) is 0 Å². The molecule has 110 valence electrons. The molecule has 1 aliphatic heterocycles. The van der Waals surface area contributed by atoms with Gasteiger partial charge in [0, 0.05) is 28.1 Å². The highest BCUT2D eigenvalue weighted by Gasteiger charge is 2.38. The van der Waals surface area contributed by atoms with Crippen molar-refractivity contribution >= 4 is 51.0 Å². The molecular formula is C11H11Cl2NO4S2. The standard InChI is InChI=1S/C11H11Cl2NO4S2/c12-7-3-8(13)5-9(4-7)20(17,18)14-1-2-19-6-10(14)11(15)16/h3-5,10H,1-2,6H2,(H,15,16). The minimum Gasteiger partial charge on any atom is -0.480 e. The fourth-order valence-corrected chi connectivity index (χ4v) is 5.44. The molecule has 1 fully saturated rings. The summed E-state index contributed by atoms with van der Waals surface area (Å²) >= 11 is 13.0. The van der Waals surface area contributed by atoms with Gasteiger partial charge in [0.25, 0.3) is 0 Å². The van der Waals surface area contributed by atoms with Gasteiger partial charge in [-0.3, -0.25) is 4.79 Å². The number of thioether (sulfide) groups is 1. The van der Waals surface area contributed by atoms with Gasteiger partial charge in [0.1, 0.15) is 6.04 Å². The molecule has 0 bridgehead atoms. The highest BCUT2D eigenvalue weighted by molar-refractivity contribution is 7.99. The maximum atomic E-state index is 12.5. The first-order valence-electron chi connectivity index (χ1n) is 5.61. The summed E-state index contributed by atoms with van der Waals surface area (Å²) in [6.07, 6.45) is 0. The van der Waals surface area contributed by atoms with Gasteiger partial charge in [-0.1, -0.05) is 23.2 Å². The Morgan fingerprint density at radius 3 is 2.45 bits per heavy atom. The van der Waals surface area contributed by atoms with Crippen molar-refractivity contribution in [3.05, 3.63) is 28.2 Å². The van der Waals surface area contributed by atoms with Crippen LogP contribution in [0.3, 0.4) is 0 Å². The topological polar surface area (TPSA) is 74.7 Å². The van der Waals surface area contributed by atoms with Crippen LogP contribution >= 0.6 is 35.0 Å². The molecule has 1 atom stereocenters. The van der Waals surface area contributed by atoms with Gasteiger partial charge >= 0.3 is 5.97 Å². The van der Waals surface area contributed by atoms with Crippen molar-refractivity contribution in [2.45, 2.75) is 10.9 Å². The fraction of sp³-hybridized carbons (Fsp3) is 0.364. The number of carboxylic acid groups (broad SMARTS) is 1. The van der Waals surface area contributed by atoms with E-state index in [0.717, 1.165) is 4.31 Å². The van der Waals surface area contributed by atoms with Crippen LogP contribution in [-0.4, -0.2) is 47.9 Å². The normalized spacial score (nSPS) is 20.8. The van der Waals surface area contributed by atoms with E-state index in [1.807, 2.05) is 0 Å². The predicted molar refractivity (Wildman–Crippen MR) is 79.1 cm³/mol. The zero-order chi connectivity index (χ0) is 14.9. The smallest absolute Gasteiger partial charge is 0.322 e. The molecule has 0 aromatic heterocycles. The molecule has 0 amide bonds. The molecular weight excluding hydrogens is 345 g/mol. The number of rotatable bonds is 3. The lowest BCUT2D eigenvalue weighted by Crippen LogP contribution is -2.50. The molecule has 1 saturated heterocycles. The second kappa shape index (κ2) is 6.11. The number of carboxylic acids is 1.